The van der Waals surface area contributed by atoms with Gasteiger partial charge in [0.25, 0.3) is 5.91 Å². The topological polar surface area (TPSA) is 77.6 Å². The lowest BCUT2D eigenvalue weighted by Crippen LogP contribution is -2.27. The highest BCUT2D eigenvalue weighted by atomic mass is 16.2. The average molecular weight is 351 g/mol. The van der Waals surface area contributed by atoms with Gasteiger partial charge in [-0.25, -0.2) is 9.78 Å². The zero-order chi connectivity index (χ0) is 17.9. The van der Waals surface area contributed by atoms with Gasteiger partial charge in [0.2, 0.25) is 0 Å². The van der Waals surface area contributed by atoms with Crippen molar-refractivity contribution in [1.29, 1.82) is 0 Å². The van der Waals surface area contributed by atoms with Gasteiger partial charge in [0.15, 0.2) is 0 Å². The van der Waals surface area contributed by atoms with Gasteiger partial charge in [0, 0.05) is 43.8 Å². The van der Waals surface area contributed by atoms with Crippen molar-refractivity contribution >= 4 is 29.1 Å². The van der Waals surface area contributed by atoms with Gasteiger partial charge in [-0.15, -0.1) is 0 Å². The third kappa shape index (κ3) is 3.20. The van der Waals surface area contributed by atoms with E-state index in [2.05, 4.69) is 20.5 Å². The summed E-state index contributed by atoms with van der Waals surface area (Å²) in [6.45, 7) is 3.17. The summed E-state index contributed by atoms with van der Waals surface area (Å²) in [4.78, 5) is 32.7. The molecule has 4 rings (SSSR count). The molecule has 2 N–H and O–H groups in total. The van der Waals surface area contributed by atoms with E-state index in [0.717, 1.165) is 37.4 Å². The maximum atomic E-state index is 12.7. The third-order valence-electron chi connectivity index (χ3n) is 4.73. The number of anilines is 3. The summed E-state index contributed by atoms with van der Waals surface area (Å²) in [6, 6.07) is 10.8. The van der Waals surface area contributed by atoms with Crippen molar-refractivity contribution in [2.45, 2.75) is 12.8 Å². The number of benzene rings is 1. The highest BCUT2D eigenvalue weighted by molar-refractivity contribution is 6.07. The molecule has 1 aromatic carbocycles. The predicted octanol–water partition coefficient (Wildman–Crippen LogP) is 2.46. The van der Waals surface area contributed by atoms with Crippen LogP contribution in [0, 0.1) is 0 Å². The Morgan fingerprint density at radius 3 is 2.54 bits per heavy atom. The molecule has 0 spiro atoms. The molecule has 7 nitrogen and oxygen atoms in total. The van der Waals surface area contributed by atoms with Gasteiger partial charge in [-0.05, 0) is 49.2 Å². The summed E-state index contributed by atoms with van der Waals surface area (Å²) < 4.78 is 0. The van der Waals surface area contributed by atoms with Crippen LogP contribution in [0.15, 0.2) is 42.6 Å². The third-order valence-corrected chi connectivity index (χ3v) is 4.73. The van der Waals surface area contributed by atoms with E-state index in [1.165, 1.54) is 0 Å². The number of carbonyl (C=O) groups excluding carboxylic acids is 2. The first-order valence-electron chi connectivity index (χ1n) is 8.89. The lowest BCUT2D eigenvalue weighted by molar-refractivity contribution is 0.102. The van der Waals surface area contributed by atoms with E-state index in [9.17, 15) is 9.59 Å². The van der Waals surface area contributed by atoms with E-state index in [1.54, 1.807) is 23.2 Å². The van der Waals surface area contributed by atoms with E-state index < -0.39 is 0 Å². The number of amides is 3. The molecule has 2 aliphatic rings. The van der Waals surface area contributed by atoms with Crippen molar-refractivity contribution in [1.82, 2.24) is 10.3 Å². The molecule has 2 fully saturated rings. The minimum Gasteiger partial charge on any atom is -0.356 e. The summed E-state index contributed by atoms with van der Waals surface area (Å²) in [6.07, 6.45) is 3.98. The molecule has 2 saturated heterocycles. The normalized spacial score (nSPS) is 16.7. The number of pyridine rings is 1. The lowest BCUT2D eigenvalue weighted by Gasteiger charge is -2.19. The molecule has 0 unspecified atom stereocenters. The molecular formula is C19H21N5O2. The lowest BCUT2D eigenvalue weighted by atomic mass is 10.2. The monoisotopic (exact) mass is 351 g/mol. The first-order valence-corrected chi connectivity index (χ1v) is 8.89. The van der Waals surface area contributed by atoms with Crippen LogP contribution in [-0.4, -0.2) is 43.1 Å². The van der Waals surface area contributed by atoms with E-state index in [-0.39, 0.29) is 11.9 Å². The highest BCUT2D eigenvalue weighted by Crippen LogP contribution is 2.24. The molecule has 0 radical (unpaired) electrons. The SMILES string of the molecule is O=C(Nc1ccc(N2CCNC2=O)cc1)c1cccnc1N1CCCC1. The zero-order valence-corrected chi connectivity index (χ0v) is 14.4. The fourth-order valence-corrected chi connectivity index (χ4v) is 3.40. The summed E-state index contributed by atoms with van der Waals surface area (Å²) in [5.74, 6) is 0.569. The van der Waals surface area contributed by atoms with Gasteiger partial charge < -0.3 is 15.5 Å². The number of hydrogen-bond donors (Lipinski definition) is 2. The Morgan fingerprint density at radius 1 is 1.08 bits per heavy atom. The van der Waals surface area contributed by atoms with E-state index >= 15 is 0 Å². The molecule has 3 heterocycles. The maximum absolute atomic E-state index is 12.7. The van der Waals surface area contributed by atoms with Crippen LogP contribution in [0.1, 0.15) is 23.2 Å². The molecule has 2 aliphatic heterocycles. The van der Waals surface area contributed by atoms with Gasteiger partial charge in [-0.1, -0.05) is 0 Å². The standard InChI is InChI=1S/C19H21N5O2/c25-18(16-4-3-9-20-17(16)23-11-1-2-12-23)22-14-5-7-15(8-6-14)24-13-10-21-19(24)26/h3-9H,1-2,10-13H2,(H,21,26)(H,22,25). The summed E-state index contributed by atoms with van der Waals surface area (Å²) in [7, 11) is 0. The Hall–Kier alpha value is -3.09. The second-order valence-corrected chi connectivity index (χ2v) is 6.45. The second kappa shape index (κ2) is 7.03. The Balaban J connectivity index is 1.49. The molecular weight excluding hydrogens is 330 g/mol. The number of nitrogens with one attached hydrogen (secondary N) is 2. The quantitative estimate of drug-likeness (QED) is 0.887. The first-order chi connectivity index (χ1) is 12.7. The zero-order valence-electron chi connectivity index (χ0n) is 14.4. The molecule has 3 amide bonds. The molecule has 26 heavy (non-hydrogen) atoms. The van der Waals surface area contributed by atoms with Crippen LogP contribution < -0.4 is 20.4 Å². The van der Waals surface area contributed by atoms with Crippen LogP contribution in [0.5, 0.6) is 0 Å². The molecule has 0 bridgehead atoms. The van der Waals surface area contributed by atoms with Gasteiger partial charge in [-0.2, -0.15) is 0 Å². The molecule has 1 aromatic heterocycles. The molecule has 0 saturated carbocycles. The minimum absolute atomic E-state index is 0.0904. The maximum Gasteiger partial charge on any atom is 0.321 e. The number of aromatic nitrogens is 1. The van der Waals surface area contributed by atoms with E-state index in [4.69, 9.17) is 0 Å². The van der Waals surface area contributed by atoms with Crippen molar-refractivity contribution in [2.75, 3.05) is 41.3 Å². The predicted molar refractivity (Wildman–Crippen MR) is 101 cm³/mol. The smallest absolute Gasteiger partial charge is 0.321 e. The van der Waals surface area contributed by atoms with Gasteiger partial charge >= 0.3 is 6.03 Å². The molecule has 7 heteroatoms. The van der Waals surface area contributed by atoms with Crippen LogP contribution in [0.25, 0.3) is 0 Å². The fourth-order valence-electron chi connectivity index (χ4n) is 3.40. The Bertz CT molecular complexity index is 815. The second-order valence-electron chi connectivity index (χ2n) is 6.45. The van der Waals surface area contributed by atoms with E-state index in [0.29, 0.717) is 24.3 Å². The minimum atomic E-state index is -0.174. The van der Waals surface area contributed by atoms with Crippen LogP contribution in [-0.2, 0) is 0 Å². The van der Waals surface area contributed by atoms with Crippen LogP contribution in [0.4, 0.5) is 22.0 Å². The van der Waals surface area contributed by atoms with Crippen LogP contribution in [0.3, 0.4) is 0 Å². The van der Waals surface area contributed by atoms with Crippen molar-refractivity contribution in [3.05, 3.63) is 48.2 Å². The number of nitrogens with zero attached hydrogens (tertiary/aromatic N) is 3. The molecule has 134 valence electrons. The van der Waals surface area contributed by atoms with Crippen LogP contribution in [0.2, 0.25) is 0 Å². The number of hydrogen-bond acceptors (Lipinski definition) is 4. The van der Waals surface area contributed by atoms with Gasteiger partial charge in [-0.3, -0.25) is 9.69 Å². The van der Waals surface area contributed by atoms with E-state index in [1.807, 2.05) is 24.3 Å². The molecule has 2 aromatic rings. The van der Waals surface area contributed by atoms with Crippen molar-refractivity contribution < 1.29 is 9.59 Å². The average Bonchev–Trinajstić information content (AvgIpc) is 3.34. The van der Waals surface area contributed by atoms with Crippen molar-refractivity contribution in [2.24, 2.45) is 0 Å². The fraction of sp³-hybridized carbons (Fsp3) is 0.316. The van der Waals surface area contributed by atoms with Gasteiger partial charge in [0.05, 0.1) is 5.56 Å². The van der Waals surface area contributed by atoms with Crippen LogP contribution >= 0.6 is 0 Å². The van der Waals surface area contributed by atoms with Gasteiger partial charge in [0.1, 0.15) is 5.82 Å². The summed E-state index contributed by atoms with van der Waals surface area (Å²) in [5, 5.41) is 5.70. The highest BCUT2D eigenvalue weighted by Gasteiger charge is 2.22. The Kier molecular flexibility index (Phi) is 4.43. The Labute approximate surface area is 152 Å². The number of carbonyl (C=O) groups is 2. The number of rotatable bonds is 4. The Morgan fingerprint density at radius 2 is 1.85 bits per heavy atom. The molecule has 0 atom stereocenters. The summed E-state index contributed by atoms with van der Waals surface area (Å²) >= 11 is 0. The number of urea groups is 1. The van der Waals surface area contributed by atoms with Crippen molar-refractivity contribution in [3.63, 3.8) is 0 Å². The first kappa shape index (κ1) is 16.4. The summed E-state index contributed by atoms with van der Waals surface area (Å²) in [5.41, 5.74) is 2.09. The van der Waals surface area contributed by atoms with Crippen molar-refractivity contribution in [3.8, 4) is 0 Å². The molecule has 0 aliphatic carbocycles. The largest absolute Gasteiger partial charge is 0.356 e.